The van der Waals surface area contributed by atoms with Crippen molar-refractivity contribution in [2.75, 3.05) is 0 Å². The van der Waals surface area contributed by atoms with Gasteiger partial charge in [-0.25, -0.2) is 4.68 Å². The Kier molecular flexibility index (Phi) is 3.95. The highest BCUT2D eigenvalue weighted by atomic mass is 19.4. The van der Waals surface area contributed by atoms with Crippen LogP contribution in [0.2, 0.25) is 0 Å². The van der Waals surface area contributed by atoms with Crippen LogP contribution >= 0.6 is 0 Å². The van der Waals surface area contributed by atoms with Crippen LogP contribution in [-0.2, 0) is 18.1 Å². The zero-order valence-electron chi connectivity index (χ0n) is 12.6. The van der Waals surface area contributed by atoms with Crippen LogP contribution in [0.3, 0.4) is 0 Å². The number of halogens is 3. The number of aromatic nitrogens is 2. The number of H-pyrrole nitrogens is 1. The first-order valence-electron chi connectivity index (χ1n) is 6.78. The van der Waals surface area contributed by atoms with Crippen molar-refractivity contribution in [3.05, 3.63) is 51.4 Å². The van der Waals surface area contributed by atoms with E-state index in [-0.39, 0.29) is 17.5 Å². The third-order valence-electron chi connectivity index (χ3n) is 3.39. The van der Waals surface area contributed by atoms with E-state index in [1.165, 1.54) is 16.8 Å². The van der Waals surface area contributed by atoms with Crippen molar-refractivity contribution in [1.29, 1.82) is 0 Å². The summed E-state index contributed by atoms with van der Waals surface area (Å²) >= 11 is 0. The Morgan fingerprint density at radius 3 is 2.05 bits per heavy atom. The number of alkyl halides is 3. The van der Waals surface area contributed by atoms with Crippen molar-refractivity contribution in [3.63, 3.8) is 0 Å². The minimum absolute atomic E-state index is 0.0651. The first-order valence-corrected chi connectivity index (χ1v) is 6.78. The fourth-order valence-electron chi connectivity index (χ4n) is 2.26. The van der Waals surface area contributed by atoms with E-state index < -0.39 is 11.7 Å². The highest BCUT2D eigenvalue weighted by Crippen LogP contribution is 2.29. The molecule has 0 saturated heterocycles. The molecule has 120 valence electrons. The van der Waals surface area contributed by atoms with Crippen molar-refractivity contribution in [3.8, 4) is 5.69 Å². The lowest BCUT2D eigenvalue weighted by molar-refractivity contribution is -0.137. The maximum Gasteiger partial charge on any atom is 0.416 e. The van der Waals surface area contributed by atoms with Gasteiger partial charge in [-0.05, 0) is 24.3 Å². The number of rotatable bonds is 2. The summed E-state index contributed by atoms with van der Waals surface area (Å²) in [5.74, 6) is 0. The van der Waals surface area contributed by atoms with Crippen LogP contribution in [0.25, 0.3) is 5.69 Å². The van der Waals surface area contributed by atoms with E-state index >= 15 is 0 Å². The highest BCUT2D eigenvalue weighted by Gasteiger charge is 2.30. The Morgan fingerprint density at radius 1 is 1.14 bits per heavy atom. The third-order valence-corrected chi connectivity index (χ3v) is 3.39. The maximum atomic E-state index is 12.6. The van der Waals surface area contributed by atoms with Gasteiger partial charge in [0.2, 0.25) is 0 Å². The van der Waals surface area contributed by atoms with E-state index in [2.05, 4.69) is 5.10 Å². The molecule has 0 fully saturated rings. The van der Waals surface area contributed by atoms with E-state index in [1.807, 2.05) is 20.8 Å². The van der Waals surface area contributed by atoms with Crippen molar-refractivity contribution in [2.45, 2.75) is 38.9 Å². The van der Waals surface area contributed by atoms with Crippen LogP contribution in [0.5, 0.6) is 0 Å². The van der Waals surface area contributed by atoms with E-state index in [9.17, 15) is 18.0 Å². The third kappa shape index (κ3) is 2.94. The second-order valence-corrected chi connectivity index (χ2v) is 6.10. The molecule has 0 aliphatic heterocycles. The van der Waals surface area contributed by atoms with Gasteiger partial charge in [-0.2, -0.15) is 13.2 Å². The second kappa shape index (κ2) is 5.31. The minimum atomic E-state index is -4.40. The van der Waals surface area contributed by atoms with Crippen LogP contribution in [0.15, 0.2) is 29.1 Å². The molecule has 0 aliphatic rings. The monoisotopic (exact) mass is 313 g/mol. The fourth-order valence-corrected chi connectivity index (χ4v) is 2.26. The molecule has 0 aliphatic carbocycles. The zero-order chi connectivity index (χ0) is 16.7. The lowest BCUT2D eigenvalue weighted by Gasteiger charge is -2.17. The van der Waals surface area contributed by atoms with Gasteiger partial charge in [-0.1, -0.05) is 20.8 Å². The van der Waals surface area contributed by atoms with E-state index in [4.69, 9.17) is 5.73 Å². The first kappa shape index (κ1) is 16.4. The molecule has 1 heterocycles. The fraction of sp³-hybridized carbons (Fsp3) is 0.400. The molecule has 22 heavy (non-hydrogen) atoms. The molecule has 1 aromatic heterocycles. The Balaban J connectivity index is 2.55. The molecule has 0 radical (unpaired) electrons. The van der Waals surface area contributed by atoms with Gasteiger partial charge in [0.05, 0.1) is 16.8 Å². The SMILES string of the molecule is CC(C)(C)c1[nH]n(-c2ccc(C(F)(F)F)cc2)c(=O)c1CN. The quantitative estimate of drug-likeness (QED) is 0.895. The average Bonchev–Trinajstić information content (AvgIpc) is 2.74. The Labute approximate surface area is 125 Å². The number of nitrogens with zero attached hydrogens (tertiary/aromatic N) is 1. The molecule has 0 bridgehead atoms. The standard InChI is InChI=1S/C15H18F3N3O/c1-14(2,3)12-11(8-19)13(22)21(20-12)10-6-4-9(5-7-10)15(16,17)18/h4-7,20H,8,19H2,1-3H3. The van der Waals surface area contributed by atoms with Gasteiger partial charge in [-0.3, -0.25) is 9.89 Å². The normalized spacial score (nSPS) is 12.7. The molecule has 2 aromatic rings. The Morgan fingerprint density at radius 2 is 1.68 bits per heavy atom. The topological polar surface area (TPSA) is 63.8 Å². The predicted octanol–water partition coefficient (Wildman–Crippen LogP) is 2.94. The van der Waals surface area contributed by atoms with Crippen molar-refractivity contribution >= 4 is 0 Å². The summed E-state index contributed by atoms with van der Waals surface area (Å²) in [6.45, 7) is 5.84. The molecule has 0 atom stereocenters. The first-order chi connectivity index (χ1) is 10.1. The van der Waals surface area contributed by atoms with Crippen molar-refractivity contribution in [2.24, 2.45) is 5.73 Å². The lowest BCUT2D eigenvalue weighted by Crippen LogP contribution is -2.20. The molecular weight excluding hydrogens is 295 g/mol. The molecule has 0 saturated carbocycles. The summed E-state index contributed by atoms with van der Waals surface area (Å²) in [7, 11) is 0. The summed E-state index contributed by atoms with van der Waals surface area (Å²) in [5, 5.41) is 2.96. The van der Waals surface area contributed by atoms with Gasteiger partial charge in [0.1, 0.15) is 0 Å². The van der Waals surface area contributed by atoms with Gasteiger partial charge in [-0.15, -0.1) is 0 Å². The van der Waals surface area contributed by atoms with Crippen LogP contribution in [-0.4, -0.2) is 9.78 Å². The summed E-state index contributed by atoms with van der Waals surface area (Å²) in [5.41, 5.74) is 5.67. The maximum absolute atomic E-state index is 12.6. The van der Waals surface area contributed by atoms with Crippen LogP contribution in [0, 0.1) is 0 Å². The van der Waals surface area contributed by atoms with Gasteiger partial charge in [0, 0.05) is 17.7 Å². The Bertz CT molecular complexity index is 718. The van der Waals surface area contributed by atoms with Crippen LogP contribution < -0.4 is 11.3 Å². The zero-order valence-corrected chi connectivity index (χ0v) is 12.6. The van der Waals surface area contributed by atoms with E-state index in [0.717, 1.165) is 12.1 Å². The van der Waals surface area contributed by atoms with Gasteiger partial charge >= 0.3 is 6.18 Å². The van der Waals surface area contributed by atoms with Gasteiger partial charge < -0.3 is 5.73 Å². The molecule has 0 amide bonds. The van der Waals surface area contributed by atoms with Crippen LogP contribution in [0.1, 0.15) is 37.6 Å². The number of hydrogen-bond acceptors (Lipinski definition) is 2. The molecule has 4 nitrogen and oxygen atoms in total. The van der Waals surface area contributed by atoms with Crippen molar-refractivity contribution < 1.29 is 13.2 Å². The summed E-state index contributed by atoms with van der Waals surface area (Å²) in [6, 6.07) is 4.41. The smallest absolute Gasteiger partial charge is 0.326 e. The lowest BCUT2D eigenvalue weighted by atomic mass is 9.89. The number of nitrogens with two attached hydrogens (primary N) is 1. The number of benzene rings is 1. The molecule has 0 unspecified atom stereocenters. The average molecular weight is 313 g/mol. The number of aromatic amines is 1. The molecule has 7 heteroatoms. The van der Waals surface area contributed by atoms with Gasteiger partial charge in [0.15, 0.2) is 0 Å². The molecule has 3 N–H and O–H groups in total. The predicted molar refractivity (Wildman–Crippen MR) is 78.0 cm³/mol. The molecule has 0 spiro atoms. The number of hydrogen-bond donors (Lipinski definition) is 2. The largest absolute Gasteiger partial charge is 0.416 e. The summed E-state index contributed by atoms with van der Waals surface area (Å²) in [4.78, 5) is 12.4. The minimum Gasteiger partial charge on any atom is -0.326 e. The van der Waals surface area contributed by atoms with E-state index in [1.54, 1.807) is 0 Å². The summed E-state index contributed by atoms with van der Waals surface area (Å²) in [6.07, 6.45) is -4.40. The van der Waals surface area contributed by atoms with Crippen molar-refractivity contribution in [1.82, 2.24) is 9.78 Å². The van der Waals surface area contributed by atoms with Gasteiger partial charge in [0.25, 0.3) is 5.56 Å². The highest BCUT2D eigenvalue weighted by molar-refractivity contribution is 5.37. The molecule has 2 rings (SSSR count). The Hall–Kier alpha value is -2.02. The number of nitrogens with one attached hydrogen (secondary N) is 1. The second-order valence-electron chi connectivity index (χ2n) is 6.10. The van der Waals surface area contributed by atoms with Crippen LogP contribution in [0.4, 0.5) is 13.2 Å². The summed E-state index contributed by atoms with van der Waals surface area (Å²) < 4.78 is 39.0. The molecule has 1 aromatic carbocycles. The molecular formula is C15H18F3N3O. The van der Waals surface area contributed by atoms with E-state index in [0.29, 0.717) is 16.9 Å².